The SMILES string of the molecule is C/C(=C\I)[C@@H](O)[C@@H](C)C(=O)O[C@H](c1ccccc1)[C@H](C)N(Cc1ccccc1)S(=O)(=O)c1c(C)cc(C)cc1C. The number of sulfonamides is 1. The molecule has 214 valence electrons. The predicted octanol–water partition coefficient (Wildman–Crippen LogP) is 6.81. The van der Waals surface area contributed by atoms with Crippen LogP contribution in [0, 0.1) is 26.7 Å². The first-order valence-electron chi connectivity index (χ1n) is 13.2. The van der Waals surface area contributed by atoms with E-state index in [0.717, 1.165) is 11.1 Å². The van der Waals surface area contributed by atoms with Gasteiger partial charge >= 0.3 is 5.97 Å². The van der Waals surface area contributed by atoms with Crippen LogP contribution in [0.4, 0.5) is 0 Å². The van der Waals surface area contributed by atoms with Crippen LogP contribution >= 0.6 is 22.6 Å². The fourth-order valence-corrected chi connectivity index (χ4v) is 7.36. The number of halogens is 1. The molecule has 0 spiro atoms. The van der Waals surface area contributed by atoms with Crippen LogP contribution in [0.25, 0.3) is 0 Å². The molecule has 0 unspecified atom stereocenters. The summed E-state index contributed by atoms with van der Waals surface area (Å²) >= 11 is 2.02. The van der Waals surface area contributed by atoms with E-state index >= 15 is 0 Å². The fourth-order valence-electron chi connectivity index (χ4n) is 4.96. The zero-order valence-corrected chi connectivity index (χ0v) is 26.8. The quantitative estimate of drug-likeness (QED) is 0.178. The van der Waals surface area contributed by atoms with Crippen LogP contribution < -0.4 is 0 Å². The molecule has 4 atom stereocenters. The molecular formula is C32H38INO5S. The van der Waals surface area contributed by atoms with Gasteiger partial charge in [0.1, 0.15) is 6.10 Å². The molecule has 3 aromatic carbocycles. The largest absolute Gasteiger partial charge is 0.455 e. The van der Waals surface area contributed by atoms with Crippen molar-refractivity contribution in [3.05, 3.63) is 110 Å². The number of hydrogen-bond acceptors (Lipinski definition) is 5. The minimum atomic E-state index is -4.04. The van der Waals surface area contributed by atoms with Gasteiger partial charge in [-0.15, -0.1) is 0 Å². The van der Waals surface area contributed by atoms with Gasteiger partial charge in [-0.05, 0) is 73.5 Å². The van der Waals surface area contributed by atoms with Gasteiger partial charge in [0.25, 0.3) is 0 Å². The molecule has 3 aromatic rings. The molecule has 6 nitrogen and oxygen atoms in total. The molecule has 0 bridgehead atoms. The van der Waals surface area contributed by atoms with Gasteiger partial charge in [0.15, 0.2) is 0 Å². The minimum Gasteiger partial charge on any atom is -0.455 e. The van der Waals surface area contributed by atoms with Crippen molar-refractivity contribution in [2.75, 3.05) is 0 Å². The summed E-state index contributed by atoms with van der Waals surface area (Å²) in [7, 11) is -4.04. The maximum absolute atomic E-state index is 14.5. The second kappa shape index (κ2) is 13.9. The maximum Gasteiger partial charge on any atom is 0.312 e. The van der Waals surface area contributed by atoms with Crippen molar-refractivity contribution in [2.45, 2.75) is 71.2 Å². The Bertz CT molecular complexity index is 1420. The van der Waals surface area contributed by atoms with Crippen LogP contribution in [0.3, 0.4) is 0 Å². The molecule has 0 aliphatic rings. The van der Waals surface area contributed by atoms with Gasteiger partial charge in [0, 0.05) is 6.54 Å². The molecular weight excluding hydrogens is 637 g/mol. The van der Waals surface area contributed by atoms with Crippen molar-refractivity contribution in [1.29, 1.82) is 0 Å². The number of aliphatic hydroxyl groups is 1. The smallest absolute Gasteiger partial charge is 0.312 e. The van der Waals surface area contributed by atoms with Crippen LogP contribution in [0.2, 0.25) is 0 Å². The summed E-state index contributed by atoms with van der Waals surface area (Å²) in [6.07, 6.45) is -1.94. The molecule has 0 heterocycles. The monoisotopic (exact) mass is 675 g/mol. The molecule has 0 radical (unpaired) electrons. The van der Waals surface area contributed by atoms with Crippen molar-refractivity contribution >= 4 is 38.6 Å². The molecule has 0 fully saturated rings. The standard InChI is InChI=1S/C32H38INO5S/c1-21-17-22(2)31(23(3)18-21)40(37,38)34(20-27-13-9-7-10-14-27)26(6)30(28-15-11-8-12-16-28)39-32(36)25(5)29(35)24(4)19-33/h7-19,25-26,29-30,35H,20H2,1-6H3/b24-19+/t25-,26+,29-,30+/m1/s1. The van der Waals surface area contributed by atoms with Gasteiger partial charge in [-0.25, -0.2) is 8.42 Å². The number of carbonyl (C=O) groups is 1. The Morgan fingerprint density at radius 2 is 1.50 bits per heavy atom. The van der Waals surface area contributed by atoms with Gasteiger partial charge in [0.05, 0.1) is 23.0 Å². The summed E-state index contributed by atoms with van der Waals surface area (Å²) < 4.78 is 38.1. The van der Waals surface area contributed by atoms with Gasteiger partial charge in [-0.3, -0.25) is 4.79 Å². The number of ether oxygens (including phenoxy) is 1. The first-order valence-corrected chi connectivity index (χ1v) is 15.9. The average molecular weight is 676 g/mol. The van der Waals surface area contributed by atoms with Crippen LogP contribution in [0.1, 0.15) is 54.7 Å². The molecule has 0 saturated heterocycles. The topological polar surface area (TPSA) is 83.9 Å². The Labute approximate surface area is 252 Å². The van der Waals surface area contributed by atoms with E-state index in [2.05, 4.69) is 0 Å². The number of benzene rings is 3. The molecule has 0 saturated carbocycles. The fraction of sp³-hybridized carbons (Fsp3) is 0.344. The summed E-state index contributed by atoms with van der Waals surface area (Å²) in [6.45, 7) is 10.8. The van der Waals surface area contributed by atoms with Gasteiger partial charge in [-0.1, -0.05) is 101 Å². The highest BCUT2D eigenvalue weighted by Crippen LogP contribution is 2.34. The first-order chi connectivity index (χ1) is 18.9. The predicted molar refractivity (Wildman–Crippen MR) is 168 cm³/mol. The lowest BCUT2D eigenvalue weighted by Crippen LogP contribution is -2.44. The summed E-state index contributed by atoms with van der Waals surface area (Å²) in [4.78, 5) is 13.6. The lowest BCUT2D eigenvalue weighted by molar-refractivity contribution is -0.159. The third-order valence-electron chi connectivity index (χ3n) is 7.10. The third-order valence-corrected chi connectivity index (χ3v) is 10.3. The highest BCUT2D eigenvalue weighted by atomic mass is 127. The number of aryl methyl sites for hydroxylation is 3. The molecule has 0 aliphatic heterocycles. The second-order valence-corrected chi connectivity index (χ2v) is 12.8. The Morgan fingerprint density at radius 1 is 0.975 bits per heavy atom. The molecule has 0 aromatic heterocycles. The number of aliphatic hydroxyl groups excluding tert-OH is 1. The Balaban J connectivity index is 2.13. The van der Waals surface area contributed by atoms with Crippen LogP contribution in [-0.2, 0) is 26.1 Å². The molecule has 0 aliphatic carbocycles. The van der Waals surface area contributed by atoms with Crippen LogP contribution in [0.5, 0.6) is 0 Å². The van der Waals surface area contributed by atoms with Crippen molar-refractivity contribution in [1.82, 2.24) is 4.31 Å². The number of carbonyl (C=O) groups excluding carboxylic acids is 1. The van der Waals surface area contributed by atoms with Crippen LogP contribution in [-0.4, -0.2) is 35.9 Å². The Kier molecular flexibility index (Phi) is 11.1. The summed E-state index contributed by atoms with van der Waals surface area (Å²) in [6, 6.07) is 21.5. The normalized spacial score (nSPS) is 15.4. The number of nitrogens with zero attached hydrogens (tertiary/aromatic N) is 1. The molecule has 8 heteroatoms. The van der Waals surface area contributed by atoms with Gasteiger partial charge in [-0.2, -0.15) is 4.31 Å². The van der Waals surface area contributed by atoms with E-state index in [0.29, 0.717) is 22.3 Å². The summed E-state index contributed by atoms with van der Waals surface area (Å²) in [5.41, 5.74) is 4.42. The van der Waals surface area contributed by atoms with Crippen molar-refractivity contribution in [3.63, 3.8) is 0 Å². The highest BCUT2D eigenvalue weighted by molar-refractivity contribution is 14.1. The molecule has 40 heavy (non-hydrogen) atoms. The highest BCUT2D eigenvalue weighted by Gasteiger charge is 2.39. The number of rotatable bonds is 11. The van der Waals surface area contributed by atoms with Crippen molar-refractivity contribution in [3.8, 4) is 0 Å². The third kappa shape index (κ3) is 7.40. The summed E-state index contributed by atoms with van der Waals surface area (Å²) in [5.74, 6) is -1.45. The second-order valence-electron chi connectivity index (χ2n) is 10.4. The lowest BCUT2D eigenvalue weighted by atomic mass is 9.98. The van der Waals surface area contributed by atoms with Gasteiger partial charge in [0.2, 0.25) is 10.0 Å². The number of hydrogen-bond donors (Lipinski definition) is 1. The van der Waals surface area contributed by atoms with E-state index in [-0.39, 0.29) is 11.4 Å². The summed E-state index contributed by atoms with van der Waals surface area (Å²) in [5, 5.41) is 10.7. The van der Waals surface area contributed by atoms with Gasteiger partial charge < -0.3 is 9.84 Å². The Hall–Kier alpha value is -2.53. The molecule has 1 N–H and O–H groups in total. The lowest BCUT2D eigenvalue weighted by Gasteiger charge is -2.35. The van der Waals surface area contributed by atoms with E-state index in [9.17, 15) is 18.3 Å². The van der Waals surface area contributed by atoms with E-state index in [1.807, 2.05) is 102 Å². The minimum absolute atomic E-state index is 0.0901. The zero-order chi connectivity index (χ0) is 29.6. The van der Waals surface area contributed by atoms with E-state index in [1.165, 1.54) is 4.31 Å². The van der Waals surface area contributed by atoms with Crippen LogP contribution in [0.15, 0.2) is 87.3 Å². The average Bonchev–Trinajstić information content (AvgIpc) is 2.93. The Morgan fingerprint density at radius 3 is 2.02 bits per heavy atom. The molecule has 3 rings (SSSR count). The zero-order valence-electron chi connectivity index (χ0n) is 23.8. The molecule has 0 amide bonds. The van der Waals surface area contributed by atoms with E-state index < -0.39 is 40.2 Å². The first kappa shape index (κ1) is 32.0. The number of esters is 1. The van der Waals surface area contributed by atoms with Crippen molar-refractivity contribution < 1.29 is 23.1 Å². The van der Waals surface area contributed by atoms with Crippen molar-refractivity contribution in [2.24, 2.45) is 5.92 Å². The van der Waals surface area contributed by atoms with E-state index in [4.69, 9.17) is 4.74 Å². The maximum atomic E-state index is 14.5. The van der Waals surface area contributed by atoms with E-state index in [1.54, 1.807) is 38.7 Å².